The first-order valence-electron chi connectivity index (χ1n) is 4.62. The van der Waals surface area contributed by atoms with Gasteiger partial charge in [-0.15, -0.1) is 0 Å². The molecule has 1 atom stereocenters. The Bertz CT molecular complexity index is 406. The number of carboxylic acid groups (broad SMARTS) is 1. The molecule has 1 heterocycles. The number of carbonyl (C=O) groups is 2. The van der Waals surface area contributed by atoms with Gasteiger partial charge in [0.05, 0.1) is 0 Å². The van der Waals surface area contributed by atoms with E-state index in [1.807, 2.05) is 0 Å². The Kier molecular flexibility index (Phi) is 3.82. The molecule has 0 fully saturated rings. The predicted molar refractivity (Wildman–Crippen MR) is 55.4 cm³/mol. The number of carboxylic acids is 1. The monoisotopic (exact) mass is 224 g/mol. The molecule has 0 aromatic carbocycles. The maximum atomic E-state index is 11.2. The zero-order chi connectivity index (χ0) is 12.1. The molecule has 16 heavy (non-hydrogen) atoms. The molecule has 2 N–H and O–H groups in total. The third kappa shape index (κ3) is 2.69. The summed E-state index contributed by atoms with van der Waals surface area (Å²) in [4.78, 5) is 25.7. The molecule has 1 aromatic rings. The van der Waals surface area contributed by atoms with Crippen LogP contribution in [0.25, 0.3) is 0 Å². The van der Waals surface area contributed by atoms with Crippen LogP contribution in [0.4, 0.5) is 0 Å². The van der Waals surface area contributed by atoms with Gasteiger partial charge in [-0.3, -0.25) is 4.79 Å². The van der Waals surface area contributed by atoms with Crippen LogP contribution >= 0.6 is 0 Å². The molecule has 0 saturated heterocycles. The second kappa shape index (κ2) is 5.11. The molecule has 6 nitrogen and oxygen atoms in total. The number of likely N-dealkylation sites (N-methyl/N-ethyl adjacent to an activating group) is 1. The second-order valence-corrected chi connectivity index (χ2v) is 3.03. The molecule has 0 radical (unpaired) electrons. The third-order valence-electron chi connectivity index (χ3n) is 1.89. The van der Waals surface area contributed by atoms with Crippen molar-refractivity contribution in [2.45, 2.75) is 13.0 Å². The first-order valence-corrected chi connectivity index (χ1v) is 4.62. The SMILES string of the molecule is CNC(=O)C(C)Oc1cccnc1C(=O)O. The van der Waals surface area contributed by atoms with Gasteiger partial charge in [-0.25, -0.2) is 9.78 Å². The van der Waals surface area contributed by atoms with Crippen molar-refractivity contribution < 1.29 is 19.4 Å². The molecule has 0 spiro atoms. The van der Waals surface area contributed by atoms with E-state index in [1.165, 1.54) is 26.2 Å². The van der Waals surface area contributed by atoms with Gasteiger partial charge in [-0.2, -0.15) is 0 Å². The normalized spacial score (nSPS) is 11.6. The summed E-state index contributed by atoms with van der Waals surface area (Å²) in [6.07, 6.45) is 0.577. The lowest BCUT2D eigenvalue weighted by Crippen LogP contribution is -2.34. The lowest BCUT2D eigenvalue weighted by molar-refractivity contribution is -0.126. The molecule has 1 amide bonds. The highest BCUT2D eigenvalue weighted by molar-refractivity contribution is 5.88. The van der Waals surface area contributed by atoms with Crippen molar-refractivity contribution in [3.05, 3.63) is 24.0 Å². The highest BCUT2D eigenvalue weighted by Gasteiger charge is 2.18. The number of aromatic carboxylic acids is 1. The average Bonchev–Trinajstić information content (AvgIpc) is 2.28. The molecule has 1 aromatic heterocycles. The quantitative estimate of drug-likeness (QED) is 0.767. The summed E-state index contributed by atoms with van der Waals surface area (Å²) in [5, 5.41) is 11.2. The minimum absolute atomic E-state index is 0.0751. The molecule has 6 heteroatoms. The molecule has 0 saturated carbocycles. The van der Waals surface area contributed by atoms with Crippen LogP contribution < -0.4 is 10.1 Å². The minimum Gasteiger partial charge on any atom is -0.478 e. The van der Waals surface area contributed by atoms with Gasteiger partial charge in [0.1, 0.15) is 0 Å². The number of aromatic nitrogens is 1. The van der Waals surface area contributed by atoms with Gasteiger partial charge in [-0.05, 0) is 19.1 Å². The van der Waals surface area contributed by atoms with Crippen LogP contribution in [-0.4, -0.2) is 35.1 Å². The predicted octanol–water partition coefficient (Wildman–Crippen LogP) is 0.293. The molecule has 0 aliphatic carbocycles. The van der Waals surface area contributed by atoms with E-state index in [0.717, 1.165) is 0 Å². The third-order valence-corrected chi connectivity index (χ3v) is 1.89. The van der Waals surface area contributed by atoms with Crippen molar-refractivity contribution in [3.8, 4) is 5.75 Å². The van der Waals surface area contributed by atoms with Crippen molar-refractivity contribution in [3.63, 3.8) is 0 Å². The first-order chi connectivity index (χ1) is 7.56. The van der Waals surface area contributed by atoms with Gasteiger partial charge >= 0.3 is 5.97 Å². The smallest absolute Gasteiger partial charge is 0.358 e. The fourth-order valence-corrected chi connectivity index (χ4v) is 1.09. The lowest BCUT2D eigenvalue weighted by Gasteiger charge is -2.13. The first kappa shape index (κ1) is 12.0. The number of amides is 1. The fourth-order valence-electron chi connectivity index (χ4n) is 1.09. The van der Waals surface area contributed by atoms with E-state index in [0.29, 0.717) is 0 Å². The maximum absolute atomic E-state index is 11.2. The molecule has 0 bridgehead atoms. The number of nitrogens with one attached hydrogen (secondary N) is 1. The van der Waals surface area contributed by atoms with Crippen LogP contribution in [0.15, 0.2) is 18.3 Å². The van der Waals surface area contributed by atoms with Crippen molar-refractivity contribution in [2.75, 3.05) is 7.05 Å². The molecule has 0 aliphatic heterocycles. The lowest BCUT2D eigenvalue weighted by atomic mass is 10.3. The van der Waals surface area contributed by atoms with Crippen LogP contribution in [0.1, 0.15) is 17.4 Å². The summed E-state index contributed by atoms with van der Waals surface area (Å²) < 4.78 is 5.20. The topological polar surface area (TPSA) is 88.5 Å². The van der Waals surface area contributed by atoms with Crippen molar-refractivity contribution in [1.29, 1.82) is 0 Å². The number of hydrogen-bond donors (Lipinski definition) is 2. The van der Waals surface area contributed by atoms with Crippen LogP contribution in [0.2, 0.25) is 0 Å². The molecule has 86 valence electrons. The summed E-state index contributed by atoms with van der Waals surface area (Å²) in [7, 11) is 1.48. The van der Waals surface area contributed by atoms with Gasteiger partial charge < -0.3 is 15.2 Å². The highest BCUT2D eigenvalue weighted by Crippen LogP contribution is 2.16. The van der Waals surface area contributed by atoms with E-state index in [-0.39, 0.29) is 17.4 Å². The van der Waals surface area contributed by atoms with Crippen molar-refractivity contribution >= 4 is 11.9 Å². The second-order valence-electron chi connectivity index (χ2n) is 3.03. The number of hydrogen-bond acceptors (Lipinski definition) is 4. The number of rotatable bonds is 4. The van der Waals surface area contributed by atoms with Crippen LogP contribution in [0.3, 0.4) is 0 Å². The summed E-state index contributed by atoms with van der Waals surface area (Å²) in [5.41, 5.74) is -0.210. The van der Waals surface area contributed by atoms with Crippen molar-refractivity contribution in [2.24, 2.45) is 0 Å². The van der Waals surface area contributed by atoms with Gasteiger partial charge in [0.15, 0.2) is 17.5 Å². The zero-order valence-corrected chi connectivity index (χ0v) is 8.93. The Balaban J connectivity index is 2.88. The Morgan fingerprint density at radius 2 is 2.25 bits per heavy atom. The Labute approximate surface area is 92.3 Å². The molecular formula is C10H12N2O4. The van der Waals surface area contributed by atoms with E-state index in [9.17, 15) is 9.59 Å². The summed E-state index contributed by atoms with van der Waals surface area (Å²) in [6.45, 7) is 1.53. The number of carbonyl (C=O) groups excluding carboxylic acids is 1. The molecule has 1 unspecified atom stereocenters. The van der Waals surface area contributed by atoms with Gasteiger partial charge in [0.25, 0.3) is 5.91 Å². The van der Waals surface area contributed by atoms with E-state index >= 15 is 0 Å². The van der Waals surface area contributed by atoms with Gasteiger partial charge in [0.2, 0.25) is 0 Å². The van der Waals surface area contributed by atoms with E-state index in [2.05, 4.69) is 10.3 Å². The molecular weight excluding hydrogens is 212 g/mol. The van der Waals surface area contributed by atoms with Crippen LogP contribution in [0, 0.1) is 0 Å². The Morgan fingerprint density at radius 1 is 1.56 bits per heavy atom. The standard InChI is InChI=1S/C10H12N2O4/c1-6(9(13)11-2)16-7-4-3-5-12-8(7)10(14)15/h3-6H,1-2H3,(H,11,13)(H,14,15). The molecule has 1 rings (SSSR count). The van der Waals surface area contributed by atoms with E-state index in [4.69, 9.17) is 9.84 Å². The largest absolute Gasteiger partial charge is 0.478 e. The summed E-state index contributed by atoms with van der Waals surface area (Å²) >= 11 is 0. The van der Waals surface area contributed by atoms with E-state index < -0.39 is 12.1 Å². The highest BCUT2D eigenvalue weighted by atomic mass is 16.5. The van der Waals surface area contributed by atoms with Gasteiger partial charge in [0, 0.05) is 13.2 Å². The maximum Gasteiger partial charge on any atom is 0.358 e. The summed E-state index contributed by atoms with van der Waals surface area (Å²) in [6, 6.07) is 2.99. The Hall–Kier alpha value is -2.11. The van der Waals surface area contributed by atoms with Crippen LogP contribution in [0.5, 0.6) is 5.75 Å². The number of pyridine rings is 1. The van der Waals surface area contributed by atoms with Crippen LogP contribution in [-0.2, 0) is 4.79 Å². The average molecular weight is 224 g/mol. The van der Waals surface area contributed by atoms with E-state index in [1.54, 1.807) is 6.07 Å². The van der Waals surface area contributed by atoms with Gasteiger partial charge in [-0.1, -0.05) is 0 Å². The number of nitrogens with zero attached hydrogens (tertiary/aromatic N) is 1. The zero-order valence-electron chi connectivity index (χ0n) is 8.93. The summed E-state index contributed by atoms with van der Waals surface area (Å²) in [5.74, 6) is -1.45. The number of ether oxygens (including phenoxy) is 1. The van der Waals surface area contributed by atoms with Crippen molar-refractivity contribution in [1.82, 2.24) is 10.3 Å². The molecule has 0 aliphatic rings. The minimum atomic E-state index is -1.19. The Morgan fingerprint density at radius 3 is 2.81 bits per heavy atom. The fraction of sp³-hybridized carbons (Fsp3) is 0.300.